The largest absolute Gasteiger partial charge is 0.334 e. The molecule has 5 rings (SSSR count). The van der Waals surface area contributed by atoms with Gasteiger partial charge in [0.15, 0.2) is 5.82 Å². The highest BCUT2D eigenvalue weighted by Gasteiger charge is 2.19. The summed E-state index contributed by atoms with van der Waals surface area (Å²) < 4.78 is 5.54. The van der Waals surface area contributed by atoms with Gasteiger partial charge >= 0.3 is 0 Å². The third-order valence-electron chi connectivity index (χ3n) is 5.74. The minimum absolute atomic E-state index is 0.158. The molecule has 2 aliphatic rings. The van der Waals surface area contributed by atoms with E-state index in [1.807, 2.05) is 0 Å². The number of fused-ring (bicyclic) bond motifs is 2. The minimum Gasteiger partial charge on any atom is -0.334 e. The molecule has 132 valence electrons. The van der Waals surface area contributed by atoms with E-state index in [0.29, 0.717) is 12.3 Å². The lowest BCUT2D eigenvalue weighted by Crippen LogP contribution is -2.17. The van der Waals surface area contributed by atoms with Crippen LogP contribution in [0.2, 0.25) is 0 Å². The van der Waals surface area contributed by atoms with Crippen LogP contribution in [-0.4, -0.2) is 10.1 Å². The van der Waals surface area contributed by atoms with Crippen molar-refractivity contribution in [3.05, 3.63) is 70.0 Å². The second-order valence-corrected chi connectivity index (χ2v) is 7.56. The Hall–Kier alpha value is -2.46. The maximum Gasteiger partial charge on any atom is 0.257 e. The lowest BCUT2D eigenvalue weighted by atomic mass is 9.87. The Morgan fingerprint density at radius 3 is 2.81 bits per heavy atom. The second-order valence-electron chi connectivity index (χ2n) is 7.56. The Bertz CT molecular complexity index is 960. The number of hydrogen-bond donors (Lipinski definition) is 1. The van der Waals surface area contributed by atoms with Gasteiger partial charge in [-0.25, -0.2) is 0 Å². The number of nitrogens with zero attached hydrogens (tertiary/aromatic N) is 2. The van der Waals surface area contributed by atoms with Crippen molar-refractivity contribution in [1.82, 2.24) is 10.1 Å². The lowest BCUT2D eigenvalue weighted by Gasteiger charge is -2.22. The van der Waals surface area contributed by atoms with E-state index in [2.05, 4.69) is 46.5 Å². The van der Waals surface area contributed by atoms with Gasteiger partial charge in [0, 0.05) is 18.0 Å². The summed E-state index contributed by atoms with van der Waals surface area (Å²) in [5, 5.41) is 4.20. The van der Waals surface area contributed by atoms with Crippen molar-refractivity contribution in [1.29, 1.82) is 0 Å². The van der Waals surface area contributed by atoms with Crippen molar-refractivity contribution >= 4 is 0 Å². The van der Waals surface area contributed by atoms with E-state index in [0.717, 1.165) is 30.7 Å². The van der Waals surface area contributed by atoms with Gasteiger partial charge in [0.05, 0.1) is 0 Å². The summed E-state index contributed by atoms with van der Waals surface area (Å²) in [5.74, 6) is 1.34. The van der Waals surface area contributed by atoms with Crippen LogP contribution in [0, 0.1) is 0 Å². The van der Waals surface area contributed by atoms with E-state index >= 15 is 0 Å². The summed E-state index contributed by atoms with van der Waals surface area (Å²) in [7, 11) is 0. The molecule has 2 aliphatic carbocycles. The predicted molar refractivity (Wildman–Crippen MR) is 101 cm³/mol. The fraction of sp³-hybridized carbons (Fsp3) is 0.364. The maximum absolute atomic E-state index is 6.21. The first-order chi connectivity index (χ1) is 12.8. The summed E-state index contributed by atoms with van der Waals surface area (Å²) >= 11 is 0. The first-order valence-electron chi connectivity index (χ1n) is 9.58. The molecule has 26 heavy (non-hydrogen) atoms. The fourth-order valence-corrected chi connectivity index (χ4v) is 4.35. The van der Waals surface area contributed by atoms with Gasteiger partial charge in [-0.1, -0.05) is 29.4 Å². The van der Waals surface area contributed by atoms with Gasteiger partial charge in [-0.05, 0) is 78.5 Å². The average molecular weight is 345 g/mol. The highest BCUT2D eigenvalue weighted by Crippen LogP contribution is 2.31. The number of rotatable bonds is 3. The molecule has 0 aliphatic heterocycles. The van der Waals surface area contributed by atoms with Crippen molar-refractivity contribution in [2.24, 2.45) is 5.73 Å². The van der Waals surface area contributed by atoms with Crippen LogP contribution < -0.4 is 5.73 Å². The SMILES string of the molecule is NC1CCCc2cc(-c3nc(Cc4ccc5c(c4)CCC5)no3)ccc21. The molecule has 2 N–H and O–H groups in total. The van der Waals surface area contributed by atoms with Gasteiger partial charge in [-0.2, -0.15) is 4.98 Å². The monoisotopic (exact) mass is 345 g/mol. The van der Waals surface area contributed by atoms with E-state index in [-0.39, 0.29) is 6.04 Å². The molecule has 2 aromatic carbocycles. The summed E-state index contributed by atoms with van der Waals surface area (Å²) in [4.78, 5) is 4.63. The van der Waals surface area contributed by atoms with E-state index in [9.17, 15) is 0 Å². The molecule has 4 nitrogen and oxygen atoms in total. The number of nitrogens with two attached hydrogens (primary N) is 1. The number of benzene rings is 2. The highest BCUT2D eigenvalue weighted by atomic mass is 16.5. The summed E-state index contributed by atoms with van der Waals surface area (Å²) in [6.07, 6.45) is 7.68. The van der Waals surface area contributed by atoms with Crippen LogP contribution in [0.1, 0.15) is 58.9 Å². The van der Waals surface area contributed by atoms with E-state index in [1.165, 1.54) is 47.1 Å². The van der Waals surface area contributed by atoms with Gasteiger partial charge in [0.25, 0.3) is 5.89 Å². The molecule has 1 atom stereocenters. The zero-order chi connectivity index (χ0) is 17.5. The fourth-order valence-electron chi connectivity index (χ4n) is 4.35. The van der Waals surface area contributed by atoms with Gasteiger partial charge in [0.1, 0.15) is 0 Å². The molecule has 0 amide bonds. The summed E-state index contributed by atoms with van der Waals surface area (Å²) in [5.41, 5.74) is 14.0. The van der Waals surface area contributed by atoms with E-state index < -0.39 is 0 Å². The molecule has 0 fully saturated rings. The van der Waals surface area contributed by atoms with E-state index in [4.69, 9.17) is 10.3 Å². The third kappa shape index (κ3) is 2.84. The van der Waals surface area contributed by atoms with Crippen LogP contribution in [-0.2, 0) is 25.7 Å². The first-order valence-corrected chi connectivity index (χ1v) is 9.58. The molecule has 0 spiro atoms. The maximum atomic E-state index is 6.21. The third-order valence-corrected chi connectivity index (χ3v) is 5.74. The standard InChI is InChI=1S/C22H23N3O/c23-20-6-2-5-17-13-18(9-10-19(17)20)22-24-21(25-26-22)12-14-7-8-15-3-1-4-16(15)11-14/h7-11,13,20H,1-6,12,23H2. The molecular formula is C22H23N3O. The molecule has 1 heterocycles. The van der Waals surface area contributed by atoms with Gasteiger partial charge in [-0.3, -0.25) is 0 Å². The zero-order valence-corrected chi connectivity index (χ0v) is 14.9. The number of aryl methyl sites for hydroxylation is 3. The lowest BCUT2D eigenvalue weighted by molar-refractivity contribution is 0.424. The molecule has 4 heteroatoms. The number of aromatic nitrogens is 2. The predicted octanol–water partition coefficient (Wildman–Crippen LogP) is 4.15. The molecule has 1 aromatic heterocycles. The van der Waals surface area contributed by atoms with Crippen LogP contribution >= 0.6 is 0 Å². The average Bonchev–Trinajstić information content (AvgIpc) is 3.31. The van der Waals surface area contributed by atoms with Crippen LogP contribution in [0.3, 0.4) is 0 Å². The Morgan fingerprint density at radius 1 is 0.962 bits per heavy atom. The van der Waals surface area contributed by atoms with Gasteiger partial charge < -0.3 is 10.3 Å². The molecule has 0 saturated carbocycles. The first kappa shape index (κ1) is 15.8. The quantitative estimate of drug-likeness (QED) is 0.774. The second kappa shape index (κ2) is 6.36. The van der Waals surface area contributed by atoms with Crippen molar-refractivity contribution in [3.63, 3.8) is 0 Å². The molecule has 0 saturated heterocycles. The van der Waals surface area contributed by atoms with Crippen LogP contribution in [0.25, 0.3) is 11.5 Å². The Morgan fingerprint density at radius 2 is 1.85 bits per heavy atom. The van der Waals surface area contributed by atoms with Crippen molar-refractivity contribution in [2.75, 3.05) is 0 Å². The number of hydrogen-bond acceptors (Lipinski definition) is 4. The highest BCUT2D eigenvalue weighted by molar-refractivity contribution is 5.56. The van der Waals surface area contributed by atoms with Crippen molar-refractivity contribution in [3.8, 4) is 11.5 Å². The minimum atomic E-state index is 0.158. The molecule has 0 bridgehead atoms. The topological polar surface area (TPSA) is 64.9 Å². The van der Waals surface area contributed by atoms with Gasteiger partial charge in [-0.15, -0.1) is 0 Å². The van der Waals surface area contributed by atoms with Gasteiger partial charge in [0.2, 0.25) is 0 Å². The normalized spacial score (nSPS) is 18.6. The Labute approximate surface area is 153 Å². The van der Waals surface area contributed by atoms with Crippen LogP contribution in [0.15, 0.2) is 40.9 Å². The van der Waals surface area contributed by atoms with E-state index in [1.54, 1.807) is 0 Å². The molecular weight excluding hydrogens is 322 g/mol. The molecule has 0 radical (unpaired) electrons. The Balaban J connectivity index is 1.38. The zero-order valence-electron chi connectivity index (χ0n) is 14.9. The Kier molecular flexibility index (Phi) is 3.86. The molecule has 3 aromatic rings. The van der Waals surface area contributed by atoms with Crippen molar-refractivity contribution in [2.45, 2.75) is 51.0 Å². The smallest absolute Gasteiger partial charge is 0.257 e. The molecule has 1 unspecified atom stereocenters. The summed E-state index contributed by atoms with van der Waals surface area (Å²) in [6.45, 7) is 0. The van der Waals surface area contributed by atoms with Crippen LogP contribution in [0.5, 0.6) is 0 Å². The van der Waals surface area contributed by atoms with Crippen LogP contribution in [0.4, 0.5) is 0 Å². The van der Waals surface area contributed by atoms with Crippen molar-refractivity contribution < 1.29 is 4.52 Å². The summed E-state index contributed by atoms with van der Waals surface area (Å²) in [6, 6.07) is 13.3.